The van der Waals surface area contributed by atoms with E-state index in [2.05, 4.69) is 9.97 Å². The van der Waals surface area contributed by atoms with E-state index in [9.17, 15) is 13.6 Å². The molecule has 0 bridgehead atoms. The molecular weight excluding hydrogens is 324 g/mol. The number of pyridine rings is 2. The maximum absolute atomic E-state index is 13.6. The third-order valence-corrected chi connectivity index (χ3v) is 5.72. The van der Waals surface area contributed by atoms with E-state index in [-0.39, 0.29) is 11.8 Å². The van der Waals surface area contributed by atoms with Gasteiger partial charge in [-0.1, -0.05) is 12.8 Å². The van der Waals surface area contributed by atoms with Crippen molar-refractivity contribution in [2.75, 3.05) is 13.1 Å². The Hall–Kier alpha value is -2.11. The van der Waals surface area contributed by atoms with Crippen LogP contribution in [0, 0.1) is 5.41 Å². The van der Waals surface area contributed by atoms with Crippen molar-refractivity contribution in [1.82, 2.24) is 14.9 Å². The number of aromatic nitrogens is 2. The van der Waals surface area contributed by atoms with Gasteiger partial charge in [0.05, 0.1) is 0 Å². The molecule has 1 saturated heterocycles. The van der Waals surface area contributed by atoms with Gasteiger partial charge in [0.25, 0.3) is 6.43 Å². The molecule has 0 spiro atoms. The predicted molar refractivity (Wildman–Crippen MR) is 90.4 cm³/mol. The molecule has 2 aromatic heterocycles. The Bertz CT molecular complexity index is 789. The lowest BCUT2D eigenvalue weighted by atomic mass is 9.85. The van der Waals surface area contributed by atoms with Gasteiger partial charge in [-0.25, -0.2) is 18.7 Å². The molecule has 3 heterocycles. The van der Waals surface area contributed by atoms with E-state index >= 15 is 0 Å². The van der Waals surface area contributed by atoms with Gasteiger partial charge in [-0.2, -0.15) is 0 Å². The monoisotopic (exact) mass is 345 g/mol. The largest absolute Gasteiger partial charge is 0.341 e. The van der Waals surface area contributed by atoms with Crippen LogP contribution < -0.4 is 0 Å². The molecule has 25 heavy (non-hydrogen) atoms. The highest BCUT2D eigenvalue weighted by Crippen LogP contribution is 2.45. The van der Waals surface area contributed by atoms with Crippen molar-refractivity contribution in [3.8, 4) is 0 Å². The zero-order valence-corrected chi connectivity index (χ0v) is 14.0. The van der Waals surface area contributed by atoms with Crippen LogP contribution in [-0.4, -0.2) is 40.3 Å². The van der Waals surface area contributed by atoms with Crippen molar-refractivity contribution < 1.29 is 13.6 Å². The Labute approximate surface area is 145 Å². The van der Waals surface area contributed by atoms with Crippen molar-refractivity contribution in [1.29, 1.82) is 0 Å². The van der Waals surface area contributed by atoms with Crippen LogP contribution in [-0.2, 0) is 4.79 Å². The maximum atomic E-state index is 13.6. The van der Waals surface area contributed by atoms with Crippen LogP contribution in [0.3, 0.4) is 0 Å². The minimum Gasteiger partial charge on any atom is -0.341 e. The third kappa shape index (κ3) is 2.77. The highest BCUT2D eigenvalue weighted by molar-refractivity contribution is 5.84. The minimum absolute atomic E-state index is 0.0893. The lowest BCUT2D eigenvalue weighted by molar-refractivity contribution is -0.150. The maximum Gasteiger partial charge on any atom is 0.252 e. The number of likely N-dealkylation sites (tertiary alicyclic amines) is 1. The van der Waals surface area contributed by atoms with Crippen molar-refractivity contribution in [3.05, 3.63) is 36.2 Å². The number of carbonyl (C=O) groups excluding carboxylic acids is 1. The van der Waals surface area contributed by atoms with E-state index in [1.807, 2.05) is 24.3 Å². The molecule has 2 aromatic rings. The summed E-state index contributed by atoms with van der Waals surface area (Å²) in [5.74, 6) is -0.270. The smallest absolute Gasteiger partial charge is 0.252 e. The first-order valence-electron chi connectivity index (χ1n) is 8.89. The van der Waals surface area contributed by atoms with Gasteiger partial charge in [0.1, 0.15) is 5.41 Å². The molecule has 132 valence electrons. The number of hydrogen-bond donors (Lipinski definition) is 0. The number of halogens is 2. The van der Waals surface area contributed by atoms with E-state index in [0.29, 0.717) is 44.4 Å². The Kier molecular flexibility index (Phi) is 4.13. The summed E-state index contributed by atoms with van der Waals surface area (Å²) in [5.41, 5.74) is 0.122. The molecule has 0 N–H and O–H groups in total. The summed E-state index contributed by atoms with van der Waals surface area (Å²) in [4.78, 5) is 23.3. The number of hydrogen-bond acceptors (Lipinski definition) is 3. The van der Waals surface area contributed by atoms with Crippen molar-refractivity contribution in [2.45, 2.75) is 44.4 Å². The summed E-state index contributed by atoms with van der Waals surface area (Å²) < 4.78 is 27.3. The average molecular weight is 345 g/mol. The van der Waals surface area contributed by atoms with Gasteiger partial charge in [0, 0.05) is 36.3 Å². The highest BCUT2D eigenvalue weighted by atomic mass is 19.3. The fourth-order valence-corrected chi connectivity index (χ4v) is 4.23. The molecule has 0 radical (unpaired) electrons. The van der Waals surface area contributed by atoms with Crippen LogP contribution in [0.25, 0.3) is 11.0 Å². The quantitative estimate of drug-likeness (QED) is 0.851. The first-order valence-corrected chi connectivity index (χ1v) is 8.89. The molecule has 1 saturated carbocycles. The van der Waals surface area contributed by atoms with Crippen LogP contribution in [0.5, 0.6) is 0 Å². The summed E-state index contributed by atoms with van der Waals surface area (Å²) in [6, 6.07) is 7.76. The minimum atomic E-state index is -2.58. The van der Waals surface area contributed by atoms with E-state index in [4.69, 9.17) is 0 Å². The average Bonchev–Trinajstić information content (AvgIpc) is 3.31. The van der Waals surface area contributed by atoms with E-state index in [0.717, 1.165) is 17.5 Å². The fourth-order valence-electron chi connectivity index (χ4n) is 4.23. The summed E-state index contributed by atoms with van der Waals surface area (Å²) in [6.45, 7) is 0.999. The molecule has 1 unspecified atom stereocenters. The van der Waals surface area contributed by atoms with Gasteiger partial charge in [0.2, 0.25) is 5.91 Å². The Morgan fingerprint density at radius 3 is 2.80 bits per heavy atom. The van der Waals surface area contributed by atoms with Gasteiger partial charge in [-0.05, 0) is 43.5 Å². The van der Waals surface area contributed by atoms with E-state index in [1.54, 1.807) is 11.1 Å². The standard InChI is InChI=1S/C19H21F2N3O/c20-17(21)19(8-1-2-9-19)18(25)24-11-7-14(12-24)15-6-5-13-4-3-10-22-16(13)23-15/h3-6,10,14,17H,1-2,7-9,11-12H2. The van der Waals surface area contributed by atoms with E-state index < -0.39 is 11.8 Å². The normalized spacial score (nSPS) is 22.8. The molecule has 1 aliphatic heterocycles. The molecule has 1 amide bonds. The topological polar surface area (TPSA) is 46.1 Å². The SMILES string of the molecule is O=C(N1CCC(c2ccc3cccnc3n2)C1)C1(C(F)F)CCCC1. The van der Waals surface area contributed by atoms with Crippen LogP contribution in [0.15, 0.2) is 30.5 Å². The van der Waals surface area contributed by atoms with Gasteiger partial charge >= 0.3 is 0 Å². The Morgan fingerprint density at radius 1 is 1.24 bits per heavy atom. The van der Waals surface area contributed by atoms with Crippen molar-refractivity contribution >= 4 is 16.9 Å². The molecule has 1 aliphatic carbocycles. The number of carbonyl (C=O) groups is 1. The summed E-state index contributed by atoms with van der Waals surface area (Å²) in [5, 5.41) is 0.972. The van der Waals surface area contributed by atoms with E-state index in [1.165, 1.54) is 0 Å². The van der Waals surface area contributed by atoms with Crippen molar-refractivity contribution in [2.24, 2.45) is 5.41 Å². The van der Waals surface area contributed by atoms with Gasteiger partial charge in [0.15, 0.2) is 5.65 Å². The van der Waals surface area contributed by atoms with Crippen LogP contribution in [0.2, 0.25) is 0 Å². The summed E-state index contributed by atoms with van der Waals surface area (Å²) in [7, 11) is 0. The van der Waals surface area contributed by atoms with Gasteiger partial charge < -0.3 is 4.90 Å². The molecule has 6 heteroatoms. The lowest BCUT2D eigenvalue weighted by Gasteiger charge is -2.31. The number of amides is 1. The molecule has 0 aromatic carbocycles. The second-order valence-electron chi connectivity index (χ2n) is 7.19. The lowest BCUT2D eigenvalue weighted by Crippen LogP contribution is -2.45. The van der Waals surface area contributed by atoms with Crippen LogP contribution >= 0.6 is 0 Å². The van der Waals surface area contributed by atoms with Crippen molar-refractivity contribution in [3.63, 3.8) is 0 Å². The molecule has 4 nitrogen and oxygen atoms in total. The molecule has 4 rings (SSSR count). The zero-order chi connectivity index (χ0) is 17.4. The molecule has 2 aliphatic rings. The number of nitrogens with zero attached hydrogens (tertiary/aromatic N) is 3. The van der Waals surface area contributed by atoms with Crippen LogP contribution in [0.1, 0.15) is 43.7 Å². The van der Waals surface area contributed by atoms with Gasteiger partial charge in [-0.15, -0.1) is 0 Å². The molecular formula is C19H21F2N3O. The highest BCUT2D eigenvalue weighted by Gasteiger charge is 2.51. The fraction of sp³-hybridized carbons (Fsp3) is 0.526. The first kappa shape index (κ1) is 16.4. The third-order valence-electron chi connectivity index (χ3n) is 5.72. The Balaban J connectivity index is 1.53. The second kappa shape index (κ2) is 6.32. The molecule has 2 fully saturated rings. The first-order chi connectivity index (χ1) is 12.1. The zero-order valence-electron chi connectivity index (χ0n) is 14.0. The molecule has 1 atom stereocenters. The number of fused-ring (bicyclic) bond motifs is 1. The summed E-state index contributed by atoms with van der Waals surface area (Å²) in [6.07, 6.45) is 1.93. The van der Waals surface area contributed by atoms with Gasteiger partial charge in [-0.3, -0.25) is 4.79 Å². The Morgan fingerprint density at radius 2 is 2.04 bits per heavy atom. The number of rotatable bonds is 3. The number of alkyl halides is 2. The summed E-state index contributed by atoms with van der Waals surface area (Å²) >= 11 is 0. The predicted octanol–water partition coefficient (Wildman–Crippen LogP) is 3.77. The van der Waals surface area contributed by atoms with Crippen LogP contribution in [0.4, 0.5) is 8.78 Å². The second-order valence-corrected chi connectivity index (χ2v) is 7.19.